The van der Waals surface area contributed by atoms with Gasteiger partial charge < -0.3 is 14.5 Å². The van der Waals surface area contributed by atoms with Gasteiger partial charge in [-0.3, -0.25) is 9.59 Å². The molecule has 1 N–H and O–H groups in total. The Hall–Kier alpha value is -3.36. The SMILES string of the molecule is CC(=O)C1=C(C)NC(C)=C(C(=O)OCC(F)(F)F)C1c1cccc2c(=O)cc(C)oc12. The van der Waals surface area contributed by atoms with E-state index in [-0.39, 0.29) is 33.2 Å². The van der Waals surface area contributed by atoms with Crippen molar-refractivity contribution in [2.75, 3.05) is 6.61 Å². The molecule has 0 fully saturated rings. The average molecular weight is 435 g/mol. The smallest absolute Gasteiger partial charge is 0.422 e. The maximum Gasteiger partial charge on any atom is 0.422 e. The molecule has 1 aliphatic heterocycles. The highest BCUT2D eigenvalue weighted by Crippen LogP contribution is 2.41. The van der Waals surface area contributed by atoms with Gasteiger partial charge in [0.25, 0.3) is 0 Å². The van der Waals surface area contributed by atoms with E-state index in [0.29, 0.717) is 17.0 Å². The van der Waals surface area contributed by atoms with Crippen LogP contribution in [0, 0.1) is 6.92 Å². The minimum absolute atomic E-state index is 0.153. The quantitative estimate of drug-likeness (QED) is 0.730. The van der Waals surface area contributed by atoms with Crippen molar-refractivity contribution in [3.8, 4) is 0 Å². The number of fused-ring (bicyclic) bond motifs is 1. The summed E-state index contributed by atoms with van der Waals surface area (Å²) in [5.74, 6) is -2.37. The molecule has 3 rings (SSSR count). The summed E-state index contributed by atoms with van der Waals surface area (Å²) < 4.78 is 48.2. The predicted molar refractivity (Wildman–Crippen MR) is 106 cm³/mol. The highest BCUT2D eigenvalue weighted by molar-refractivity contribution is 6.03. The number of para-hydroxylation sites is 1. The van der Waals surface area contributed by atoms with Gasteiger partial charge in [-0.05, 0) is 33.8 Å². The minimum Gasteiger partial charge on any atom is -0.461 e. The first-order valence-electron chi connectivity index (χ1n) is 9.37. The Morgan fingerprint density at radius 1 is 1.13 bits per heavy atom. The van der Waals surface area contributed by atoms with Crippen LogP contribution < -0.4 is 10.7 Å². The summed E-state index contributed by atoms with van der Waals surface area (Å²) in [7, 11) is 0. The number of esters is 1. The van der Waals surface area contributed by atoms with E-state index in [0.717, 1.165) is 0 Å². The summed E-state index contributed by atoms with van der Waals surface area (Å²) in [6, 6.07) is 5.98. The minimum atomic E-state index is -4.71. The third-order valence-corrected chi connectivity index (χ3v) is 4.95. The monoisotopic (exact) mass is 435 g/mol. The van der Waals surface area contributed by atoms with E-state index < -0.39 is 30.5 Å². The zero-order chi connectivity index (χ0) is 23.1. The Morgan fingerprint density at radius 3 is 2.39 bits per heavy atom. The number of alkyl halides is 3. The van der Waals surface area contributed by atoms with E-state index in [2.05, 4.69) is 10.1 Å². The largest absolute Gasteiger partial charge is 0.461 e. The number of Topliss-reactive ketones (excluding diaryl/α,β-unsaturated/α-hetero) is 1. The predicted octanol–water partition coefficient (Wildman–Crippen LogP) is 4.03. The number of nitrogens with one attached hydrogen (secondary N) is 1. The van der Waals surface area contributed by atoms with Crippen molar-refractivity contribution in [2.24, 2.45) is 0 Å². The van der Waals surface area contributed by atoms with Gasteiger partial charge in [0.1, 0.15) is 11.3 Å². The number of hydrogen-bond acceptors (Lipinski definition) is 6. The number of ketones is 1. The number of dihydropyridines is 1. The van der Waals surface area contributed by atoms with Gasteiger partial charge in [-0.2, -0.15) is 13.2 Å². The van der Waals surface area contributed by atoms with E-state index in [1.54, 1.807) is 26.0 Å². The van der Waals surface area contributed by atoms with Crippen LogP contribution in [0.3, 0.4) is 0 Å². The van der Waals surface area contributed by atoms with E-state index in [1.807, 2.05) is 0 Å². The fourth-order valence-electron chi connectivity index (χ4n) is 3.81. The second-order valence-electron chi connectivity index (χ2n) is 7.33. The highest BCUT2D eigenvalue weighted by Gasteiger charge is 2.39. The molecule has 2 heterocycles. The topological polar surface area (TPSA) is 85.6 Å². The van der Waals surface area contributed by atoms with Gasteiger partial charge >= 0.3 is 12.1 Å². The molecule has 1 atom stereocenters. The molecule has 9 heteroatoms. The molecule has 1 aromatic carbocycles. The zero-order valence-electron chi connectivity index (χ0n) is 17.3. The lowest BCUT2D eigenvalue weighted by molar-refractivity contribution is -0.183. The summed E-state index contributed by atoms with van der Waals surface area (Å²) in [6.07, 6.45) is -4.71. The molecule has 0 aliphatic carbocycles. The molecule has 1 aliphatic rings. The Labute approximate surface area is 175 Å². The fraction of sp³-hybridized carbons (Fsp3) is 0.318. The maximum atomic E-state index is 12.7. The van der Waals surface area contributed by atoms with Gasteiger partial charge in [0.2, 0.25) is 0 Å². The number of ether oxygens (including phenoxy) is 1. The number of carbonyl (C=O) groups is 2. The fourth-order valence-corrected chi connectivity index (χ4v) is 3.81. The Balaban J connectivity index is 2.27. The van der Waals surface area contributed by atoms with Crippen LogP contribution in [0.1, 0.15) is 38.0 Å². The second kappa shape index (κ2) is 8.05. The van der Waals surface area contributed by atoms with Crippen molar-refractivity contribution < 1.29 is 31.9 Å². The third-order valence-electron chi connectivity index (χ3n) is 4.95. The number of hydrogen-bond donors (Lipinski definition) is 1. The average Bonchev–Trinajstić information content (AvgIpc) is 2.64. The summed E-state index contributed by atoms with van der Waals surface area (Å²) >= 11 is 0. The highest BCUT2D eigenvalue weighted by atomic mass is 19.4. The Morgan fingerprint density at radius 2 is 1.77 bits per heavy atom. The van der Waals surface area contributed by atoms with Gasteiger partial charge in [-0.15, -0.1) is 0 Å². The molecule has 0 radical (unpaired) electrons. The van der Waals surface area contributed by atoms with Gasteiger partial charge in [0.05, 0.1) is 16.9 Å². The molecule has 0 bridgehead atoms. The molecule has 1 aromatic heterocycles. The van der Waals surface area contributed by atoms with E-state index in [1.165, 1.54) is 26.0 Å². The van der Waals surface area contributed by atoms with Crippen LogP contribution in [0.2, 0.25) is 0 Å². The molecule has 0 saturated heterocycles. The van der Waals surface area contributed by atoms with E-state index in [4.69, 9.17) is 4.42 Å². The summed E-state index contributed by atoms with van der Waals surface area (Å²) in [5.41, 5.74) is 0.836. The summed E-state index contributed by atoms with van der Waals surface area (Å²) in [4.78, 5) is 37.7. The lowest BCUT2D eigenvalue weighted by Gasteiger charge is -2.30. The van der Waals surface area contributed by atoms with Crippen LogP contribution in [-0.4, -0.2) is 24.5 Å². The first-order chi connectivity index (χ1) is 14.4. The molecule has 0 saturated carbocycles. The van der Waals surface area contributed by atoms with Gasteiger partial charge in [-0.25, -0.2) is 4.79 Å². The first-order valence-corrected chi connectivity index (χ1v) is 9.37. The van der Waals surface area contributed by atoms with Crippen LogP contribution in [0.15, 0.2) is 56.0 Å². The van der Waals surface area contributed by atoms with Crippen molar-refractivity contribution in [1.82, 2.24) is 5.32 Å². The molecule has 0 amide bonds. The van der Waals surface area contributed by atoms with Gasteiger partial charge in [0, 0.05) is 28.6 Å². The van der Waals surface area contributed by atoms with Crippen LogP contribution in [0.25, 0.3) is 11.0 Å². The Bertz CT molecular complexity index is 1200. The van der Waals surface area contributed by atoms with Crippen LogP contribution in [0.5, 0.6) is 0 Å². The van der Waals surface area contributed by atoms with Crippen LogP contribution in [0.4, 0.5) is 13.2 Å². The zero-order valence-corrected chi connectivity index (χ0v) is 17.3. The van der Waals surface area contributed by atoms with Gasteiger partial charge in [0.15, 0.2) is 17.8 Å². The first kappa shape index (κ1) is 22.3. The van der Waals surface area contributed by atoms with Crippen LogP contribution in [-0.2, 0) is 14.3 Å². The normalized spacial score (nSPS) is 17.1. The second-order valence-corrected chi connectivity index (χ2v) is 7.33. The lowest BCUT2D eigenvalue weighted by atomic mass is 9.78. The molecule has 1 unspecified atom stereocenters. The van der Waals surface area contributed by atoms with E-state index in [9.17, 15) is 27.6 Å². The number of aryl methyl sites for hydroxylation is 1. The summed E-state index contributed by atoms with van der Waals surface area (Å²) in [6.45, 7) is 4.23. The molecule has 2 aromatic rings. The number of benzene rings is 1. The molecule has 31 heavy (non-hydrogen) atoms. The van der Waals surface area contributed by atoms with Crippen molar-refractivity contribution >= 4 is 22.7 Å². The van der Waals surface area contributed by atoms with Crippen molar-refractivity contribution in [3.05, 3.63) is 68.4 Å². The van der Waals surface area contributed by atoms with Crippen molar-refractivity contribution in [3.63, 3.8) is 0 Å². The molecule has 0 spiro atoms. The number of rotatable bonds is 4. The molecule has 6 nitrogen and oxygen atoms in total. The molecule has 164 valence electrons. The van der Waals surface area contributed by atoms with Crippen molar-refractivity contribution in [1.29, 1.82) is 0 Å². The number of halogens is 3. The Kier molecular flexibility index (Phi) is 5.80. The molecular formula is C22H20F3NO5. The molecular weight excluding hydrogens is 415 g/mol. The van der Waals surface area contributed by atoms with Gasteiger partial charge in [-0.1, -0.05) is 12.1 Å². The van der Waals surface area contributed by atoms with Crippen molar-refractivity contribution in [2.45, 2.75) is 39.8 Å². The van der Waals surface area contributed by atoms with Crippen LogP contribution >= 0.6 is 0 Å². The number of allylic oxidation sites excluding steroid dienone is 3. The van der Waals surface area contributed by atoms with E-state index >= 15 is 0 Å². The lowest BCUT2D eigenvalue weighted by Crippen LogP contribution is -2.32. The third kappa shape index (κ3) is 4.40. The summed E-state index contributed by atoms with van der Waals surface area (Å²) in [5, 5.41) is 3.10. The standard InChI is InChI=1S/C22H20F3NO5/c1-10-8-16(28)14-6-5-7-15(20(14)31-10)19-17(13(4)27)11(2)26-12(3)18(19)21(29)30-9-22(23,24)25/h5-8,19,26H,9H2,1-4H3. The maximum absolute atomic E-state index is 12.7. The number of carbonyl (C=O) groups excluding carboxylic acids is 2.